The van der Waals surface area contributed by atoms with E-state index in [0.29, 0.717) is 25.4 Å². The van der Waals surface area contributed by atoms with Crippen molar-refractivity contribution in [3.8, 4) is 0 Å². The number of carbonyl (C=O) groups excluding carboxylic acids is 1. The van der Waals surface area contributed by atoms with Crippen LogP contribution in [0.1, 0.15) is 31.1 Å². The molecule has 0 saturated carbocycles. The number of nitrogens with one attached hydrogen (secondary N) is 1. The lowest BCUT2D eigenvalue weighted by atomic mass is 10.2. The first-order valence-corrected chi connectivity index (χ1v) is 7.54. The summed E-state index contributed by atoms with van der Waals surface area (Å²) in [6, 6.07) is 6.87. The van der Waals surface area contributed by atoms with E-state index in [1.165, 1.54) is 0 Å². The number of benzene rings is 1. The molecule has 0 aliphatic carbocycles. The zero-order chi connectivity index (χ0) is 16.4. The minimum Gasteiger partial charge on any atom is -0.462 e. The van der Waals surface area contributed by atoms with Crippen LogP contribution in [0.25, 0.3) is 0 Å². The molecule has 0 saturated heterocycles. The minimum atomic E-state index is -0.787. The number of rotatable bonds is 10. The van der Waals surface area contributed by atoms with E-state index in [1.807, 2.05) is 13.8 Å². The lowest BCUT2D eigenvalue weighted by Gasteiger charge is -2.23. The summed E-state index contributed by atoms with van der Waals surface area (Å²) in [5.74, 6) is -0.346. The molecule has 6 heteroatoms. The summed E-state index contributed by atoms with van der Waals surface area (Å²) in [6.07, 6.45) is -1.44. The second kappa shape index (κ2) is 10.2. The summed E-state index contributed by atoms with van der Waals surface area (Å²) in [5, 5.41) is 13.1. The molecule has 1 unspecified atom stereocenters. The van der Waals surface area contributed by atoms with Crippen LogP contribution in [0.15, 0.2) is 24.3 Å². The van der Waals surface area contributed by atoms with Gasteiger partial charge in [-0.15, -0.1) is 0 Å². The van der Waals surface area contributed by atoms with Gasteiger partial charge in [0, 0.05) is 25.4 Å². The van der Waals surface area contributed by atoms with Crippen LogP contribution in [-0.4, -0.2) is 49.8 Å². The number of esters is 1. The summed E-state index contributed by atoms with van der Waals surface area (Å²) in [6.45, 7) is 7.03. The fourth-order valence-corrected chi connectivity index (χ4v) is 1.86. The highest BCUT2D eigenvalue weighted by Crippen LogP contribution is 2.11. The average Bonchev–Trinajstić information content (AvgIpc) is 2.53. The standard InChI is InChI=1S/C16H25NO5/c1-4-20-15(19)12-7-9-13(10-8-12)17-11-14(18)16(21-5-2)22-6-3/h7-10,14,16-18H,4-6,11H2,1-3H3. The molecule has 0 bridgehead atoms. The van der Waals surface area contributed by atoms with Gasteiger partial charge in [-0.25, -0.2) is 4.79 Å². The van der Waals surface area contributed by atoms with Crippen molar-refractivity contribution in [1.29, 1.82) is 0 Å². The Kier molecular flexibility index (Phi) is 8.50. The number of hydrogen-bond acceptors (Lipinski definition) is 6. The van der Waals surface area contributed by atoms with Crippen molar-refractivity contribution in [1.82, 2.24) is 0 Å². The lowest BCUT2D eigenvalue weighted by molar-refractivity contribution is -0.185. The molecule has 0 aliphatic heterocycles. The molecule has 1 aromatic carbocycles. The summed E-state index contributed by atoms with van der Waals surface area (Å²) in [5.41, 5.74) is 1.29. The fourth-order valence-electron chi connectivity index (χ4n) is 1.86. The van der Waals surface area contributed by atoms with Crippen molar-refractivity contribution in [3.63, 3.8) is 0 Å². The zero-order valence-corrected chi connectivity index (χ0v) is 13.4. The first-order chi connectivity index (χ1) is 10.6. The summed E-state index contributed by atoms with van der Waals surface area (Å²) >= 11 is 0. The second-order valence-corrected chi connectivity index (χ2v) is 4.53. The Bertz CT molecular complexity index is 429. The van der Waals surface area contributed by atoms with E-state index in [-0.39, 0.29) is 12.5 Å². The van der Waals surface area contributed by atoms with Crippen LogP contribution in [0, 0.1) is 0 Å². The number of aliphatic hydroxyl groups excluding tert-OH is 1. The lowest BCUT2D eigenvalue weighted by Crippen LogP contribution is -2.37. The summed E-state index contributed by atoms with van der Waals surface area (Å²) < 4.78 is 15.6. The van der Waals surface area contributed by atoms with Gasteiger partial charge in [0.1, 0.15) is 6.10 Å². The Morgan fingerprint density at radius 1 is 1.09 bits per heavy atom. The topological polar surface area (TPSA) is 77.0 Å². The molecule has 124 valence electrons. The second-order valence-electron chi connectivity index (χ2n) is 4.53. The van der Waals surface area contributed by atoms with E-state index < -0.39 is 12.4 Å². The van der Waals surface area contributed by atoms with Crippen molar-refractivity contribution in [2.75, 3.05) is 31.7 Å². The number of hydrogen-bond donors (Lipinski definition) is 2. The van der Waals surface area contributed by atoms with Gasteiger partial charge < -0.3 is 24.6 Å². The molecule has 1 atom stereocenters. The molecule has 0 spiro atoms. The van der Waals surface area contributed by atoms with Crippen molar-refractivity contribution < 1.29 is 24.1 Å². The molecule has 2 N–H and O–H groups in total. The van der Waals surface area contributed by atoms with Gasteiger partial charge in [-0.3, -0.25) is 0 Å². The molecule has 0 aliphatic rings. The highest BCUT2D eigenvalue weighted by Gasteiger charge is 2.19. The van der Waals surface area contributed by atoms with Crippen molar-refractivity contribution in [2.24, 2.45) is 0 Å². The smallest absolute Gasteiger partial charge is 0.338 e. The molecule has 0 radical (unpaired) electrons. The maximum absolute atomic E-state index is 11.5. The molecule has 22 heavy (non-hydrogen) atoms. The van der Waals surface area contributed by atoms with Crippen LogP contribution >= 0.6 is 0 Å². The normalized spacial score (nSPS) is 12.2. The van der Waals surface area contributed by atoms with Crippen LogP contribution in [0.5, 0.6) is 0 Å². The third-order valence-corrected chi connectivity index (χ3v) is 2.89. The van der Waals surface area contributed by atoms with E-state index in [4.69, 9.17) is 14.2 Å². The van der Waals surface area contributed by atoms with Gasteiger partial charge in [0.05, 0.1) is 12.2 Å². The van der Waals surface area contributed by atoms with Crippen molar-refractivity contribution in [3.05, 3.63) is 29.8 Å². The monoisotopic (exact) mass is 311 g/mol. The Balaban J connectivity index is 2.51. The van der Waals surface area contributed by atoms with Crippen LogP contribution in [0.2, 0.25) is 0 Å². The predicted molar refractivity (Wildman–Crippen MR) is 83.9 cm³/mol. The maximum Gasteiger partial charge on any atom is 0.338 e. The van der Waals surface area contributed by atoms with Crippen LogP contribution in [-0.2, 0) is 14.2 Å². The predicted octanol–water partition coefficient (Wildman–Crippen LogP) is 2.04. The molecule has 0 aromatic heterocycles. The largest absolute Gasteiger partial charge is 0.462 e. The molecule has 0 amide bonds. The van der Waals surface area contributed by atoms with E-state index in [9.17, 15) is 9.90 Å². The molecule has 6 nitrogen and oxygen atoms in total. The van der Waals surface area contributed by atoms with Crippen molar-refractivity contribution in [2.45, 2.75) is 33.2 Å². The van der Waals surface area contributed by atoms with Crippen molar-refractivity contribution >= 4 is 11.7 Å². The average molecular weight is 311 g/mol. The molecule has 1 rings (SSSR count). The summed E-state index contributed by atoms with van der Waals surface area (Å²) in [4.78, 5) is 11.5. The highest BCUT2D eigenvalue weighted by atomic mass is 16.7. The van der Waals surface area contributed by atoms with Gasteiger partial charge in [-0.2, -0.15) is 0 Å². The van der Waals surface area contributed by atoms with Gasteiger partial charge in [0.25, 0.3) is 0 Å². The van der Waals surface area contributed by atoms with Crippen LogP contribution in [0.4, 0.5) is 5.69 Å². The van der Waals surface area contributed by atoms with Gasteiger partial charge >= 0.3 is 5.97 Å². The maximum atomic E-state index is 11.5. The third-order valence-electron chi connectivity index (χ3n) is 2.89. The molecular formula is C16H25NO5. The number of aliphatic hydroxyl groups is 1. The van der Waals surface area contributed by atoms with E-state index in [2.05, 4.69) is 5.32 Å². The fraction of sp³-hybridized carbons (Fsp3) is 0.562. The molecular weight excluding hydrogens is 286 g/mol. The van der Waals surface area contributed by atoms with Crippen LogP contribution in [0.3, 0.4) is 0 Å². The number of ether oxygens (including phenoxy) is 3. The highest BCUT2D eigenvalue weighted by molar-refractivity contribution is 5.89. The van der Waals surface area contributed by atoms with Gasteiger partial charge in [0.2, 0.25) is 0 Å². The Morgan fingerprint density at radius 2 is 1.68 bits per heavy atom. The number of anilines is 1. The molecule has 0 heterocycles. The minimum absolute atomic E-state index is 0.281. The SMILES string of the molecule is CCOC(=O)c1ccc(NCC(O)C(OCC)OCC)cc1. The van der Waals surface area contributed by atoms with Crippen LogP contribution < -0.4 is 5.32 Å². The van der Waals surface area contributed by atoms with E-state index in [1.54, 1.807) is 31.2 Å². The van der Waals surface area contributed by atoms with Gasteiger partial charge in [0.15, 0.2) is 6.29 Å². The number of carbonyl (C=O) groups is 1. The molecule has 0 fully saturated rings. The quantitative estimate of drug-likeness (QED) is 0.508. The Hall–Kier alpha value is -1.63. The van der Waals surface area contributed by atoms with Gasteiger partial charge in [-0.05, 0) is 45.0 Å². The third kappa shape index (κ3) is 6.01. The first kappa shape index (κ1) is 18.4. The summed E-state index contributed by atoms with van der Waals surface area (Å²) in [7, 11) is 0. The van der Waals surface area contributed by atoms with E-state index in [0.717, 1.165) is 5.69 Å². The zero-order valence-electron chi connectivity index (χ0n) is 13.4. The Labute approximate surface area is 131 Å². The first-order valence-electron chi connectivity index (χ1n) is 7.54. The van der Waals surface area contributed by atoms with Gasteiger partial charge in [-0.1, -0.05) is 0 Å². The molecule has 1 aromatic rings. The van der Waals surface area contributed by atoms with E-state index >= 15 is 0 Å². The Morgan fingerprint density at radius 3 is 2.18 bits per heavy atom.